The highest BCUT2D eigenvalue weighted by molar-refractivity contribution is 7.89. The highest BCUT2D eigenvalue weighted by Gasteiger charge is 2.29. The molecule has 0 amide bonds. The number of hydrogen-bond donors (Lipinski definition) is 1. The van der Waals surface area contributed by atoms with Crippen LogP contribution in [0.1, 0.15) is 20.3 Å². The lowest BCUT2D eigenvalue weighted by molar-refractivity contribution is 0.363. The smallest absolute Gasteiger partial charge is 0.214 e. The van der Waals surface area contributed by atoms with Gasteiger partial charge in [-0.3, -0.25) is 0 Å². The largest absolute Gasteiger partial charge is 0.326 e. The van der Waals surface area contributed by atoms with Gasteiger partial charge in [0.1, 0.15) is 0 Å². The summed E-state index contributed by atoms with van der Waals surface area (Å²) in [7, 11) is -2.96. The van der Waals surface area contributed by atoms with E-state index in [9.17, 15) is 8.42 Å². The lowest BCUT2D eigenvalue weighted by Gasteiger charge is -2.21. The molecule has 1 fully saturated rings. The molecule has 0 aromatic rings. The third kappa shape index (κ3) is 2.65. The molecule has 0 aromatic carbocycles. The van der Waals surface area contributed by atoms with Gasteiger partial charge in [-0.1, -0.05) is 13.8 Å². The van der Waals surface area contributed by atoms with Gasteiger partial charge in [0.15, 0.2) is 0 Å². The van der Waals surface area contributed by atoms with Crippen molar-refractivity contribution in [2.24, 2.45) is 11.7 Å². The van der Waals surface area contributed by atoms with Crippen LogP contribution in [0, 0.1) is 5.92 Å². The first kappa shape index (κ1) is 10.9. The number of hydrogen-bond acceptors (Lipinski definition) is 3. The lowest BCUT2D eigenvalue weighted by atomic mass is 10.1. The van der Waals surface area contributed by atoms with Gasteiger partial charge in [-0.2, -0.15) is 0 Å². The molecule has 1 atom stereocenters. The first-order valence-electron chi connectivity index (χ1n) is 4.67. The predicted octanol–water partition coefficient (Wildman–Crippen LogP) is 0.00520. The minimum Gasteiger partial charge on any atom is -0.326 e. The van der Waals surface area contributed by atoms with E-state index in [0.717, 1.165) is 6.42 Å². The summed E-state index contributed by atoms with van der Waals surface area (Å²) in [5.41, 5.74) is 5.81. The van der Waals surface area contributed by atoms with Crippen LogP contribution in [0.3, 0.4) is 0 Å². The second-order valence-electron chi connectivity index (χ2n) is 3.94. The van der Waals surface area contributed by atoms with E-state index in [-0.39, 0.29) is 11.8 Å². The SMILES string of the molecule is CC(C)[C@H](N)CN1CCCS1(=O)=O. The van der Waals surface area contributed by atoms with E-state index < -0.39 is 10.0 Å². The fraction of sp³-hybridized carbons (Fsp3) is 1.00. The Kier molecular flexibility index (Phi) is 3.32. The minimum absolute atomic E-state index is 0.0483. The quantitative estimate of drug-likeness (QED) is 0.707. The van der Waals surface area contributed by atoms with Crippen molar-refractivity contribution in [3.63, 3.8) is 0 Å². The second kappa shape index (κ2) is 3.94. The molecule has 1 heterocycles. The van der Waals surface area contributed by atoms with Crippen LogP contribution in [0.15, 0.2) is 0 Å². The van der Waals surface area contributed by atoms with Gasteiger partial charge in [-0.25, -0.2) is 12.7 Å². The Morgan fingerprint density at radius 3 is 2.46 bits per heavy atom. The van der Waals surface area contributed by atoms with Crippen LogP contribution in [0.5, 0.6) is 0 Å². The van der Waals surface area contributed by atoms with Crippen LogP contribution in [0.25, 0.3) is 0 Å². The maximum Gasteiger partial charge on any atom is 0.214 e. The fourth-order valence-electron chi connectivity index (χ4n) is 1.34. The van der Waals surface area contributed by atoms with Crippen molar-refractivity contribution in [3.8, 4) is 0 Å². The number of sulfonamides is 1. The van der Waals surface area contributed by atoms with Crippen molar-refractivity contribution in [3.05, 3.63) is 0 Å². The van der Waals surface area contributed by atoms with Gasteiger partial charge in [0.05, 0.1) is 5.75 Å². The Labute approximate surface area is 80.1 Å². The fourth-order valence-corrected chi connectivity index (χ4v) is 2.90. The molecular formula is C8H18N2O2S. The van der Waals surface area contributed by atoms with Crippen molar-refractivity contribution in [1.29, 1.82) is 0 Å². The summed E-state index contributed by atoms with van der Waals surface area (Å²) in [5.74, 6) is 0.619. The van der Waals surface area contributed by atoms with E-state index in [4.69, 9.17) is 5.73 Å². The third-order valence-electron chi connectivity index (χ3n) is 2.47. The van der Waals surface area contributed by atoms with Gasteiger partial charge in [0.25, 0.3) is 0 Å². The number of nitrogens with two attached hydrogens (primary N) is 1. The normalized spacial score (nSPS) is 25.2. The summed E-state index contributed by atoms with van der Waals surface area (Å²) in [6.07, 6.45) is 0.743. The maximum absolute atomic E-state index is 11.4. The first-order valence-corrected chi connectivity index (χ1v) is 6.28. The highest BCUT2D eigenvalue weighted by Crippen LogP contribution is 2.14. The van der Waals surface area contributed by atoms with Gasteiger partial charge in [-0.15, -0.1) is 0 Å². The molecule has 1 rings (SSSR count). The number of rotatable bonds is 3. The zero-order valence-corrected chi connectivity index (χ0v) is 9.05. The van der Waals surface area contributed by atoms with Gasteiger partial charge >= 0.3 is 0 Å². The molecule has 0 aliphatic carbocycles. The number of nitrogens with zero attached hydrogens (tertiary/aromatic N) is 1. The molecule has 0 spiro atoms. The summed E-state index contributed by atoms with van der Waals surface area (Å²) >= 11 is 0. The predicted molar refractivity (Wildman–Crippen MR) is 52.8 cm³/mol. The molecule has 78 valence electrons. The van der Waals surface area contributed by atoms with Crippen molar-refractivity contribution in [2.45, 2.75) is 26.3 Å². The van der Waals surface area contributed by atoms with E-state index in [1.54, 1.807) is 0 Å². The molecule has 0 radical (unpaired) electrons. The van der Waals surface area contributed by atoms with E-state index in [2.05, 4.69) is 0 Å². The topological polar surface area (TPSA) is 63.4 Å². The highest BCUT2D eigenvalue weighted by atomic mass is 32.2. The minimum atomic E-state index is -2.96. The summed E-state index contributed by atoms with van der Waals surface area (Å²) in [4.78, 5) is 0. The average Bonchev–Trinajstić information content (AvgIpc) is 2.30. The van der Waals surface area contributed by atoms with Gasteiger partial charge in [0.2, 0.25) is 10.0 Å². The Hall–Kier alpha value is -0.130. The molecule has 1 aliphatic heterocycles. The van der Waals surface area contributed by atoms with Crippen LogP contribution in [0.2, 0.25) is 0 Å². The third-order valence-corrected chi connectivity index (χ3v) is 4.40. The molecule has 13 heavy (non-hydrogen) atoms. The van der Waals surface area contributed by atoms with Crippen LogP contribution in [-0.4, -0.2) is 37.6 Å². The Morgan fingerprint density at radius 2 is 2.08 bits per heavy atom. The molecule has 1 aliphatic rings. The zero-order chi connectivity index (χ0) is 10.1. The Morgan fingerprint density at radius 1 is 1.46 bits per heavy atom. The molecular weight excluding hydrogens is 188 g/mol. The lowest BCUT2D eigenvalue weighted by Crippen LogP contribution is -2.41. The van der Waals surface area contributed by atoms with Crippen molar-refractivity contribution < 1.29 is 8.42 Å². The molecule has 1 saturated heterocycles. The van der Waals surface area contributed by atoms with Crippen molar-refractivity contribution >= 4 is 10.0 Å². The van der Waals surface area contributed by atoms with Crippen LogP contribution in [-0.2, 0) is 10.0 Å². The molecule has 4 nitrogen and oxygen atoms in total. The molecule has 5 heteroatoms. The average molecular weight is 206 g/mol. The molecule has 0 bridgehead atoms. The summed E-state index contributed by atoms with van der Waals surface area (Å²) in [6, 6.07) is -0.0483. The zero-order valence-electron chi connectivity index (χ0n) is 8.23. The van der Waals surface area contributed by atoms with Crippen LogP contribution < -0.4 is 5.73 Å². The summed E-state index contributed by atoms with van der Waals surface area (Å²) in [5, 5.41) is 0. The van der Waals surface area contributed by atoms with Crippen molar-refractivity contribution in [2.75, 3.05) is 18.8 Å². The summed E-state index contributed by atoms with van der Waals surface area (Å²) in [6.45, 7) is 5.13. The maximum atomic E-state index is 11.4. The van der Waals surface area contributed by atoms with Crippen LogP contribution >= 0.6 is 0 Å². The first-order chi connectivity index (χ1) is 5.93. The standard InChI is InChI=1S/C8H18N2O2S/c1-7(2)8(9)6-10-4-3-5-13(10,11)12/h7-8H,3-6,9H2,1-2H3/t8-/m1/s1. The molecule has 0 unspecified atom stereocenters. The monoisotopic (exact) mass is 206 g/mol. The van der Waals surface area contributed by atoms with Gasteiger partial charge in [-0.05, 0) is 12.3 Å². The van der Waals surface area contributed by atoms with Crippen LogP contribution in [0.4, 0.5) is 0 Å². The second-order valence-corrected chi connectivity index (χ2v) is 6.02. The Balaban J connectivity index is 2.55. The molecule has 2 N–H and O–H groups in total. The molecule has 0 saturated carbocycles. The Bertz CT molecular complexity index is 261. The van der Waals surface area contributed by atoms with E-state index in [0.29, 0.717) is 19.0 Å². The van der Waals surface area contributed by atoms with Gasteiger partial charge in [0, 0.05) is 19.1 Å². The van der Waals surface area contributed by atoms with E-state index >= 15 is 0 Å². The van der Waals surface area contributed by atoms with E-state index in [1.165, 1.54) is 4.31 Å². The summed E-state index contributed by atoms with van der Waals surface area (Å²) < 4.78 is 24.3. The van der Waals surface area contributed by atoms with E-state index in [1.807, 2.05) is 13.8 Å². The molecule has 0 aromatic heterocycles. The van der Waals surface area contributed by atoms with Gasteiger partial charge < -0.3 is 5.73 Å². The van der Waals surface area contributed by atoms with Crippen molar-refractivity contribution in [1.82, 2.24) is 4.31 Å².